The van der Waals surface area contributed by atoms with E-state index in [0.29, 0.717) is 28.5 Å². The summed E-state index contributed by atoms with van der Waals surface area (Å²) in [6, 6.07) is 9.09. The topological polar surface area (TPSA) is 75.9 Å². The van der Waals surface area contributed by atoms with E-state index in [0.717, 1.165) is 11.2 Å². The van der Waals surface area contributed by atoms with Crippen molar-refractivity contribution in [2.75, 3.05) is 23.9 Å². The maximum absolute atomic E-state index is 12.8. The second-order valence-corrected chi connectivity index (χ2v) is 6.36. The van der Waals surface area contributed by atoms with Gasteiger partial charge in [-0.2, -0.15) is 0 Å². The molecule has 3 heterocycles. The Morgan fingerprint density at radius 2 is 2.04 bits per heavy atom. The van der Waals surface area contributed by atoms with E-state index in [1.165, 1.54) is 0 Å². The summed E-state index contributed by atoms with van der Waals surface area (Å²) < 4.78 is 7.24. The van der Waals surface area contributed by atoms with E-state index in [4.69, 9.17) is 4.74 Å². The summed E-state index contributed by atoms with van der Waals surface area (Å²) in [7, 11) is 1.70. The van der Waals surface area contributed by atoms with Gasteiger partial charge in [-0.15, -0.1) is 0 Å². The highest BCUT2D eigenvalue weighted by atomic mass is 16.5. The van der Waals surface area contributed by atoms with Crippen molar-refractivity contribution in [2.45, 2.75) is 13.8 Å². The Morgan fingerprint density at radius 1 is 1.23 bits per heavy atom. The molecule has 26 heavy (non-hydrogen) atoms. The van der Waals surface area contributed by atoms with E-state index < -0.39 is 0 Å². The number of hydrogen-bond acceptors (Lipinski definition) is 4. The number of carbonyl (C=O) groups is 2. The molecule has 0 unspecified atom stereocenters. The number of nitrogens with one attached hydrogen (secondary N) is 1. The molecule has 0 atom stereocenters. The Morgan fingerprint density at radius 3 is 2.85 bits per heavy atom. The van der Waals surface area contributed by atoms with Gasteiger partial charge in [0.1, 0.15) is 17.1 Å². The zero-order chi connectivity index (χ0) is 18.4. The fourth-order valence-corrected chi connectivity index (χ4v) is 3.08. The summed E-state index contributed by atoms with van der Waals surface area (Å²) >= 11 is 0. The highest BCUT2D eigenvalue weighted by Gasteiger charge is 2.23. The van der Waals surface area contributed by atoms with Crippen LogP contribution in [0.4, 0.5) is 11.4 Å². The summed E-state index contributed by atoms with van der Waals surface area (Å²) in [5.74, 6) is 0.209. The number of rotatable bonds is 2. The van der Waals surface area contributed by atoms with E-state index in [9.17, 15) is 9.59 Å². The molecule has 1 aliphatic heterocycles. The van der Waals surface area contributed by atoms with Crippen molar-refractivity contribution in [1.82, 2.24) is 9.38 Å². The average Bonchev–Trinajstić information content (AvgIpc) is 2.93. The van der Waals surface area contributed by atoms with Crippen LogP contribution in [0.3, 0.4) is 0 Å². The van der Waals surface area contributed by atoms with Crippen LogP contribution in [0.1, 0.15) is 21.7 Å². The first-order valence-electron chi connectivity index (χ1n) is 8.24. The van der Waals surface area contributed by atoms with Gasteiger partial charge in [0.25, 0.3) is 11.8 Å². The quantitative estimate of drug-likeness (QED) is 0.771. The molecule has 0 saturated heterocycles. The Labute approximate surface area is 150 Å². The van der Waals surface area contributed by atoms with Crippen LogP contribution in [0.25, 0.3) is 5.65 Å². The van der Waals surface area contributed by atoms with Gasteiger partial charge in [0.15, 0.2) is 6.61 Å². The van der Waals surface area contributed by atoms with Gasteiger partial charge in [-0.3, -0.25) is 14.0 Å². The van der Waals surface area contributed by atoms with Gasteiger partial charge in [-0.25, -0.2) is 4.98 Å². The van der Waals surface area contributed by atoms with Crippen LogP contribution in [0, 0.1) is 13.8 Å². The second-order valence-electron chi connectivity index (χ2n) is 6.36. The number of ether oxygens (including phenoxy) is 1. The minimum atomic E-state index is -0.251. The Kier molecular flexibility index (Phi) is 3.64. The van der Waals surface area contributed by atoms with Gasteiger partial charge in [0.2, 0.25) is 0 Å². The van der Waals surface area contributed by atoms with Gasteiger partial charge in [0.05, 0.1) is 11.4 Å². The molecule has 132 valence electrons. The molecule has 0 saturated carbocycles. The lowest BCUT2D eigenvalue weighted by Crippen LogP contribution is -2.35. The molecule has 3 aromatic rings. The maximum atomic E-state index is 12.8. The highest BCUT2D eigenvalue weighted by Crippen LogP contribution is 2.33. The monoisotopic (exact) mass is 350 g/mol. The molecule has 0 fully saturated rings. The van der Waals surface area contributed by atoms with Crippen molar-refractivity contribution < 1.29 is 14.3 Å². The number of likely N-dealkylation sites (N-methyl/N-ethyl adjacent to an activating group) is 1. The fraction of sp³-hybridized carbons (Fsp3) is 0.211. The van der Waals surface area contributed by atoms with Gasteiger partial charge in [-0.05, 0) is 43.7 Å². The molecule has 1 N–H and O–H groups in total. The van der Waals surface area contributed by atoms with Crippen molar-refractivity contribution >= 4 is 28.8 Å². The number of carbonyl (C=O) groups excluding carboxylic acids is 2. The molecule has 4 rings (SSSR count). The lowest BCUT2D eigenvalue weighted by atomic mass is 10.2. The summed E-state index contributed by atoms with van der Waals surface area (Å²) in [6.07, 6.45) is 1.84. The average molecular weight is 350 g/mol. The molecular formula is C19H18N4O3. The van der Waals surface area contributed by atoms with Crippen molar-refractivity contribution in [3.63, 3.8) is 0 Å². The van der Waals surface area contributed by atoms with Crippen LogP contribution in [0.5, 0.6) is 5.75 Å². The first-order valence-corrected chi connectivity index (χ1v) is 8.24. The Bertz CT molecular complexity index is 1050. The van der Waals surface area contributed by atoms with Crippen LogP contribution in [-0.4, -0.2) is 34.9 Å². The smallest absolute Gasteiger partial charge is 0.274 e. The maximum Gasteiger partial charge on any atom is 0.274 e. The number of imidazole rings is 1. The highest BCUT2D eigenvalue weighted by molar-refractivity contribution is 6.05. The lowest BCUT2D eigenvalue weighted by Gasteiger charge is -2.26. The van der Waals surface area contributed by atoms with Crippen LogP contribution in [0.2, 0.25) is 0 Å². The molecule has 0 radical (unpaired) electrons. The summed E-state index contributed by atoms with van der Waals surface area (Å²) in [6.45, 7) is 3.79. The summed E-state index contributed by atoms with van der Waals surface area (Å²) in [5, 5.41) is 2.88. The van der Waals surface area contributed by atoms with E-state index >= 15 is 0 Å². The molecule has 2 aromatic heterocycles. The van der Waals surface area contributed by atoms with Crippen molar-refractivity contribution in [3.05, 3.63) is 53.5 Å². The number of aryl methyl sites for hydroxylation is 2. The van der Waals surface area contributed by atoms with Crippen molar-refractivity contribution in [2.24, 2.45) is 0 Å². The number of anilines is 2. The van der Waals surface area contributed by atoms with Crippen molar-refractivity contribution in [3.8, 4) is 5.75 Å². The second kappa shape index (κ2) is 5.87. The molecule has 7 heteroatoms. The SMILES string of the molecule is Cc1ccn2c(C(=O)Nc3ccc4c(c3)OCC(=O)N4C)c(C)nc2c1. The van der Waals surface area contributed by atoms with E-state index in [2.05, 4.69) is 10.3 Å². The minimum absolute atomic E-state index is 0.00732. The number of amides is 2. The molecule has 0 spiro atoms. The number of hydrogen-bond donors (Lipinski definition) is 1. The third-order valence-electron chi connectivity index (χ3n) is 4.48. The third kappa shape index (κ3) is 2.57. The number of fused-ring (bicyclic) bond motifs is 2. The number of nitrogens with zero attached hydrogens (tertiary/aromatic N) is 3. The van der Waals surface area contributed by atoms with Gasteiger partial charge < -0.3 is 15.0 Å². The molecule has 7 nitrogen and oxygen atoms in total. The number of aromatic nitrogens is 2. The Balaban J connectivity index is 1.65. The zero-order valence-electron chi connectivity index (χ0n) is 14.7. The first kappa shape index (κ1) is 16.1. The molecule has 1 aromatic carbocycles. The van der Waals surface area contributed by atoms with E-state index in [1.807, 2.05) is 32.2 Å². The molecule has 1 aliphatic rings. The largest absolute Gasteiger partial charge is 0.481 e. The predicted octanol–water partition coefficient (Wildman–Crippen LogP) is 2.56. The van der Waals surface area contributed by atoms with Crippen LogP contribution < -0.4 is 15.0 Å². The fourth-order valence-electron chi connectivity index (χ4n) is 3.08. The Hall–Kier alpha value is -3.35. The number of benzene rings is 1. The third-order valence-corrected chi connectivity index (χ3v) is 4.48. The lowest BCUT2D eigenvalue weighted by molar-refractivity contribution is -0.120. The minimum Gasteiger partial charge on any atom is -0.481 e. The van der Waals surface area contributed by atoms with E-state index in [-0.39, 0.29) is 18.4 Å². The standard InChI is InChI=1S/C19H18N4O3/c1-11-6-7-23-16(8-11)20-12(2)18(23)19(25)21-13-4-5-14-15(9-13)26-10-17(24)22(14)3/h4-9H,10H2,1-3H3,(H,21,25). The van der Waals surface area contributed by atoms with E-state index in [1.54, 1.807) is 34.5 Å². The van der Waals surface area contributed by atoms with Crippen LogP contribution in [0.15, 0.2) is 36.5 Å². The van der Waals surface area contributed by atoms with Crippen LogP contribution in [-0.2, 0) is 4.79 Å². The van der Waals surface area contributed by atoms with Gasteiger partial charge >= 0.3 is 0 Å². The molecule has 0 bridgehead atoms. The molecular weight excluding hydrogens is 332 g/mol. The van der Waals surface area contributed by atoms with Crippen molar-refractivity contribution in [1.29, 1.82) is 0 Å². The van der Waals surface area contributed by atoms with Crippen LogP contribution >= 0.6 is 0 Å². The summed E-state index contributed by atoms with van der Waals surface area (Å²) in [5.41, 5.74) is 4.25. The molecule has 2 amide bonds. The molecule has 0 aliphatic carbocycles. The van der Waals surface area contributed by atoms with Gasteiger partial charge in [-0.1, -0.05) is 0 Å². The zero-order valence-corrected chi connectivity index (χ0v) is 14.7. The number of pyridine rings is 1. The normalized spacial score (nSPS) is 13.5. The first-order chi connectivity index (χ1) is 12.4. The predicted molar refractivity (Wildman–Crippen MR) is 98.0 cm³/mol. The van der Waals surface area contributed by atoms with Gasteiger partial charge in [0, 0.05) is 25.0 Å². The summed E-state index contributed by atoms with van der Waals surface area (Å²) in [4.78, 5) is 30.5.